The highest BCUT2D eigenvalue weighted by Gasteiger charge is 2.34. The van der Waals surface area contributed by atoms with Gasteiger partial charge in [0.15, 0.2) is 5.69 Å². The van der Waals surface area contributed by atoms with Crippen LogP contribution in [-0.4, -0.2) is 27.7 Å². The fourth-order valence-corrected chi connectivity index (χ4v) is 2.05. The molecule has 0 aliphatic heterocycles. The molecule has 24 heavy (non-hydrogen) atoms. The van der Waals surface area contributed by atoms with Crippen LogP contribution in [0.15, 0.2) is 28.7 Å². The van der Waals surface area contributed by atoms with Gasteiger partial charge in [-0.1, -0.05) is 15.9 Å². The third-order valence-corrected chi connectivity index (χ3v) is 3.35. The van der Waals surface area contributed by atoms with Gasteiger partial charge < -0.3 is 15.7 Å². The molecule has 5 nitrogen and oxygen atoms in total. The maximum atomic E-state index is 13.8. The van der Waals surface area contributed by atoms with E-state index in [9.17, 15) is 17.6 Å². The Morgan fingerprint density at radius 1 is 1.25 bits per heavy atom. The van der Waals surface area contributed by atoms with Gasteiger partial charge in [-0.05, 0) is 25.1 Å². The number of anilines is 3. The molecular weight excluding hydrogens is 396 g/mol. The standard InChI is InChI=1S/C14H13BrF4N4O/c1-7(6-24)20-13-22-11(14(17,18)19)5-12(23-13)21-10-3-2-8(15)4-9(10)16/h2-5,7,24H,6H2,1H3,(H2,20,21,22,23)/t7-/m1/s1. The Bertz CT molecular complexity index is 726. The van der Waals surface area contributed by atoms with E-state index in [0.717, 1.165) is 0 Å². The van der Waals surface area contributed by atoms with Crippen molar-refractivity contribution in [1.29, 1.82) is 0 Å². The van der Waals surface area contributed by atoms with Crippen molar-refractivity contribution in [2.24, 2.45) is 0 Å². The lowest BCUT2D eigenvalue weighted by Gasteiger charge is -2.15. The van der Waals surface area contributed by atoms with Crippen molar-refractivity contribution in [3.05, 3.63) is 40.2 Å². The molecule has 0 saturated carbocycles. The summed E-state index contributed by atoms with van der Waals surface area (Å²) in [6.07, 6.45) is -4.70. The first-order valence-electron chi connectivity index (χ1n) is 6.75. The van der Waals surface area contributed by atoms with E-state index >= 15 is 0 Å². The van der Waals surface area contributed by atoms with Crippen molar-refractivity contribution >= 4 is 33.4 Å². The van der Waals surface area contributed by atoms with Crippen LogP contribution in [0.2, 0.25) is 0 Å². The van der Waals surface area contributed by atoms with E-state index in [1.54, 1.807) is 6.92 Å². The van der Waals surface area contributed by atoms with E-state index in [-0.39, 0.29) is 24.1 Å². The third kappa shape index (κ3) is 4.78. The molecule has 1 atom stereocenters. The number of benzene rings is 1. The summed E-state index contributed by atoms with van der Waals surface area (Å²) in [6, 6.07) is 4.19. The molecule has 0 fully saturated rings. The van der Waals surface area contributed by atoms with Crippen LogP contribution in [0.4, 0.5) is 35.0 Å². The van der Waals surface area contributed by atoms with E-state index in [4.69, 9.17) is 5.11 Å². The number of aliphatic hydroxyl groups excluding tert-OH is 1. The lowest BCUT2D eigenvalue weighted by molar-refractivity contribution is -0.141. The Labute approximate surface area is 143 Å². The highest BCUT2D eigenvalue weighted by molar-refractivity contribution is 9.10. The monoisotopic (exact) mass is 408 g/mol. The van der Waals surface area contributed by atoms with E-state index in [1.807, 2.05) is 0 Å². The van der Waals surface area contributed by atoms with Crippen LogP contribution < -0.4 is 10.6 Å². The largest absolute Gasteiger partial charge is 0.433 e. The minimum absolute atomic E-state index is 0.0359. The van der Waals surface area contributed by atoms with Crippen LogP contribution in [0.25, 0.3) is 0 Å². The summed E-state index contributed by atoms with van der Waals surface area (Å²) < 4.78 is 53.2. The minimum Gasteiger partial charge on any atom is -0.394 e. The lowest BCUT2D eigenvalue weighted by Crippen LogP contribution is -2.22. The van der Waals surface area contributed by atoms with E-state index in [1.165, 1.54) is 18.2 Å². The molecule has 0 aliphatic carbocycles. The molecule has 0 spiro atoms. The first kappa shape index (κ1) is 18.4. The first-order chi connectivity index (χ1) is 11.2. The number of aromatic nitrogens is 2. The molecule has 0 aliphatic rings. The quantitative estimate of drug-likeness (QED) is 0.653. The van der Waals surface area contributed by atoms with Gasteiger partial charge in [0.2, 0.25) is 5.95 Å². The maximum Gasteiger partial charge on any atom is 0.433 e. The fourth-order valence-electron chi connectivity index (χ4n) is 1.72. The fraction of sp³-hybridized carbons (Fsp3) is 0.286. The zero-order valence-electron chi connectivity index (χ0n) is 12.3. The third-order valence-electron chi connectivity index (χ3n) is 2.86. The second kappa shape index (κ2) is 7.31. The average Bonchev–Trinajstić information content (AvgIpc) is 2.49. The SMILES string of the molecule is C[C@H](CO)Nc1nc(Nc2ccc(Br)cc2F)cc(C(F)(F)F)n1. The summed E-state index contributed by atoms with van der Waals surface area (Å²) in [5.41, 5.74) is -1.23. The predicted octanol–water partition coefficient (Wildman–Crippen LogP) is 3.93. The van der Waals surface area contributed by atoms with Crippen molar-refractivity contribution in [3.63, 3.8) is 0 Å². The minimum atomic E-state index is -4.70. The summed E-state index contributed by atoms with van der Waals surface area (Å²) in [4.78, 5) is 7.24. The average molecular weight is 409 g/mol. The smallest absolute Gasteiger partial charge is 0.394 e. The molecule has 130 valence electrons. The zero-order chi connectivity index (χ0) is 17.9. The van der Waals surface area contributed by atoms with Gasteiger partial charge in [0, 0.05) is 16.6 Å². The van der Waals surface area contributed by atoms with Crippen molar-refractivity contribution < 1.29 is 22.7 Å². The van der Waals surface area contributed by atoms with Gasteiger partial charge >= 0.3 is 6.18 Å². The van der Waals surface area contributed by atoms with Crippen molar-refractivity contribution in [2.45, 2.75) is 19.1 Å². The molecule has 0 bridgehead atoms. The van der Waals surface area contributed by atoms with Crippen LogP contribution in [0.3, 0.4) is 0 Å². The Kier molecular flexibility index (Phi) is 5.60. The maximum absolute atomic E-state index is 13.8. The van der Waals surface area contributed by atoms with Crippen LogP contribution in [-0.2, 0) is 6.18 Å². The van der Waals surface area contributed by atoms with Crippen molar-refractivity contribution in [1.82, 2.24) is 9.97 Å². The molecule has 0 unspecified atom stereocenters. The number of aliphatic hydroxyl groups is 1. The van der Waals surface area contributed by atoms with Gasteiger partial charge in [0.25, 0.3) is 0 Å². The van der Waals surface area contributed by atoms with Crippen LogP contribution in [0.1, 0.15) is 12.6 Å². The van der Waals surface area contributed by atoms with Gasteiger partial charge in [0.05, 0.1) is 12.3 Å². The van der Waals surface area contributed by atoms with E-state index < -0.39 is 23.7 Å². The first-order valence-corrected chi connectivity index (χ1v) is 7.54. The number of alkyl halides is 3. The summed E-state index contributed by atoms with van der Waals surface area (Å²) in [6.45, 7) is 1.23. The van der Waals surface area contributed by atoms with Gasteiger partial charge in [0.1, 0.15) is 11.6 Å². The van der Waals surface area contributed by atoms with Crippen molar-refractivity contribution in [3.8, 4) is 0 Å². The van der Waals surface area contributed by atoms with Crippen LogP contribution >= 0.6 is 15.9 Å². The summed E-state index contributed by atoms with van der Waals surface area (Å²) in [7, 11) is 0. The summed E-state index contributed by atoms with van der Waals surface area (Å²) >= 11 is 3.09. The molecule has 0 saturated heterocycles. The molecule has 2 rings (SSSR count). The van der Waals surface area contributed by atoms with E-state index in [0.29, 0.717) is 10.5 Å². The molecule has 10 heteroatoms. The molecule has 3 N–H and O–H groups in total. The second-order valence-corrected chi connectivity index (χ2v) is 5.85. The van der Waals surface area contributed by atoms with Gasteiger partial charge in [-0.15, -0.1) is 0 Å². The van der Waals surface area contributed by atoms with Gasteiger partial charge in [-0.25, -0.2) is 9.37 Å². The van der Waals surface area contributed by atoms with Crippen LogP contribution in [0.5, 0.6) is 0 Å². The Morgan fingerprint density at radius 3 is 2.54 bits per heavy atom. The Balaban J connectivity index is 2.38. The van der Waals surface area contributed by atoms with Gasteiger partial charge in [-0.3, -0.25) is 0 Å². The Hall–Kier alpha value is -1.94. The number of hydrogen-bond acceptors (Lipinski definition) is 5. The number of halogens is 5. The molecule has 1 aromatic carbocycles. The molecule has 0 radical (unpaired) electrons. The molecule has 0 amide bonds. The number of nitrogens with one attached hydrogen (secondary N) is 2. The topological polar surface area (TPSA) is 70.1 Å². The van der Waals surface area contributed by atoms with Gasteiger partial charge in [-0.2, -0.15) is 18.2 Å². The highest BCUT2D eigenvalue weighted by Crippen LogP contribution is 2.31. The molecule has 1 aromatic heterocycles. The molecular formula is C14H13BrF4N4O. The number of nitrogens with zero attached hydrogens (tertiary/aromatic N) is 2. The molecule has 1 heterocycles. The highest BCUT2D eigenvalue weighted by atomic mass is 79.9. The normalized spacial score (nSPS) is 12.8. The second-order valence-electron chi connectivity index (χ2n) is 4.94. The zero-order valence-corrected chi connectivity index (χ0v) is 13.9. The molecule has 2 aromatic rings. The summed E-state index contributed by atoms with van der Waals surface area (Å²) in [5.74, 6) is -1.22. The predicted molar refractivity (Wildman–Crippen MR) is 84.6 cm³/mol. The van der Waals surface area contributed by atoms with Crippen LogP contribution in [0, 0.1) is 5.82 Å². The van der Waals surface area contributed by atoms with E-state index in [2.05, 4.69) is 36.5 Å². The number of hydrogen-bond donors (Lipinski definition) is 3. The van der Waals surface area contributed by atoms with Crippen molar-refractivity contribution in [2.75, 3.05) is 17.2 Å². The number of rotatable bonds is 5. The Morgan fingerprint density at radius 2 is 1.96 bits per heavy atom. The summed E-state index contributed by atoms with van der Waals surface area (Å²) in [5, 5.41) is 14.0. The lowest BCUT2D eigenvalue weighted by atomic mass is 10.3.